The van der Waals surface area contributed by atoms with Crippen molar-refractivity contribution in [3.05, 3.63) is 0 Å². The zero-order valence-electron chi connectivity index (χ0n) is 8.55. The zero-order valence-corrected chi connectivity index (χ0v) is 8.55. The van der Waals surface area contributed by atoms with Gasteiger partial charge in [-0.2, -0.15) is 0 Å². The highest BCUT2D eigenvalue weighted by Gasteiger charge is 2.23. The fraction of sp³-hybridized carbons (Fsp3) is 1.00. The van der Waals surface area contributed by atoms with Gasteiger partial charge >= 0.3 is 0 Å². The van der Waals surface area contributed by atoms with Gasteiger partial charge in [-0.3, -0.25) is 4.90 Å². The van der Waals surface area contributed by atoms with E-state index in [0.29, 0.717) is 0 Å². The molecule has 0 spiro atoms. The van der Waals surface area contributed by atoms with Gasteiger partial charge < -0.3 is 10.6 Å². The maximum Gasteiger partial charge on any atom is 0.0193 e. The van der Waals surface area contributed by atoms with Crippen molar-refractivity contribution in [2.24, 2.45) is 5.92 Å². The van der Waals surface area contributed by atoms with Gasteiger partial charge in [0.1, 0.15) is 0 Å². The molecular weight excluding hydrogens is 162 g/mol. The average molecular weight is 183 g/mol. The number of nitrogens with zero attached hydrogens (tertiary/aromatic N) is 1. The van der Waals surface area contributed by atoms with Crippen LogP contribution in [-0.4, -0.2) is 50.2 Å². The SMILES string of the molecule is CC1CNCCN1CC1CCNC1. The number of piperazine rings is 1. The monoisotopic (exact) mass is 183 g/mol. The summed E-state index contributed by atoms with van der Waals surface area (Å²) in [6.45, 7) is 9.66. The standard InChI is InChI=1S/C10H21N3/c1-9-6-12-4-5-13(9)8-10-2-3-11-7-10/h9-12H,2-8H2,1H3. The molecule has 0 aliphatic carbocycles. The van der Waals surface area contributed by atoms with E-state index in [2.05, 4.69) is 22.5 Å². The third-order valence-corrected chi connectivity index (χ3v) is 3.29. The quantitative estimate of drug-likeness (QED) is 0.625. The number of hydrogen-bond acceptors (Lipinski definition) is 3. The van der Waals surface area contributed by atoms with E-state index in [-0.39, 0.29) is 0 Å². The van der Waals surface area contributed by atoms with Crippen molar-refractivity contribution in [2.75, 3.05) is 39.3 Å². The minimum atomic E-state index is 0.731. The van der Waals surface area contributed by atoms with E-state index in [1.165, 1.54) is 45.7 Å². The molecule has 2 rings (SSSR count). The summed E-state index contributed by atoms with van der Waals surface area (Å²) in [6, 6.07) is 0.731. The van der Waals surface area contributed by atoms with Gasteiger partial charge in [0, 0.05) is 32.2 Å². The molecule has 2 N–H and O–H groups in total. The first kappa shape index (κ1) is 9.44. The molecule has 2 aliphatic rings. The van der Waals surface area contributed by atoms with Crippen molar-refractivity contribution in [1.29, 1.82) is 0 Å². The highest BCUT2D eigenvalue weighted by Crippen LogP contribution is 2.12. The number of nitrogens with one attached hydrogen (secondary N) is 2. The summed E-state index contributed by atoms with van der Waals surface area (Å²) in [5, 5.41) is 6.87. The molecule has 3 nitrogen and oxygen atoms in total. The molecule has 0 radical (unpaired) electrons. The van der Waals surface area contributed by atoms with Crippen LogP contribution in [0.25, 0.3) is 0 Å². The Kier molecular flexibility index (Phi) is 3.19. The van der Waals surface area contributed by atoms with Gasteiger partial charge in [-0.25, -0.2) is 0 Å². The van der Waals surface area contributed by atoms with Crippen LogP contribution in [0.15, 0.2) is 0 Å². The maximum absolute atomic E-state index is 3.43. The molecule has 0 saturated carbocycles. The molecule has 0 amide bonds. The Morgan fingerprint density at radius 1 is 1.23 bits per heavy atom. The van der Waals surface area contributed by atoms with E-state index in [1.54, 1.807) is 0 Å². The summed E-state index contributed by atoms with van der Waals surface area (Å²) < 4.78 is 0. The molecule has 76 valence electrons. The summed E-state index contributed by atoms with van der Waals surface area (Å²) >= 11 is 0. The van der Waals surface area contributed by atoms with Crippen LogP contribution in [0.5, 0.6) is 0 Å². The highest BCUT2D eigenvalue weighted by atomic mass is 15.2. The Morgan fingerprint density at radius 2 is 2.08 bits per heavy atom. The summed E-state index contributed by atoms with van der Waals surface area (Å²) in [5.41, 5.74) is 0. The lowest BCUT2D eigenvalue weighted by Crippen LogP contribution is -2.51. The zero-order chi connectivity index (χ0) is 9.10. The van der Waals surface area contributed by atoms with Gasteiger partial charge in [-0.1, -0.05) is 0 Å². The third kappa shape index (κ3) is 2.42. The van der Waals surface area contributed by atoms with E-state index < -0.39 is 0 Å². The Morgan fingerprint density at radius 3 is 2.77 bits per heavy atom. The molecule has 2 saturated heterocycles. The minimum absolute atomic E-state index is 0.731. The number of hydrogen-bond donors (Lipinski definition) is 2. The van der Waals surface area contributed by atoms with Crippen molar-refractivity contribution in [3.8, 4) is 0 Å². The molecule has 0 aromatic heterocycles. The van der Waals surface area contributed by atoms with Crippen LogP contribution < -0.4 is 10.6 Å². The summed E-state index contributed by atoms with van der Waals surface area (Å²) in [7, 11) is 0. The molecule has 13 heavy (non-hydrogen) atoms. The first-order valence-corrected chi connectivity index (χ1v) is 5.52. The second-order valence-corrected chi connectivity index (χ2v) is 4.41. The predicted octanol–water partition coefficient (Wildman–Crippen LogP) is -0.110. The van der Waals surface area contributed by atoms with Gasteiger partial charge in [-0.05, 0) is 32.4 Å². The molecule has 2 fully saturated rings. The second kappa shape index (κ2) is 4.40. The van der Waals surface area contributed by atoms with E-state index >= 15 is 0 Å². The Bertz CT molecular complexity index is 154. The summed E-state index contributed by atoms with van der Waals surface area (Å²) in [6.07, 6.45) is 1.37. The van der Waals surface area contributed by atoms with E-state index in [4.69, 9.17) is 0 Å². The predicted molar refractivity (Wildman–Crippen MR) is 54.9 cm³/mol. The van der Waals surface area contributed by atoms with Crippen LogP contribution in [0, 0.1) is 5.92 Å². The van der Waals surface area contributed by atoms with Gasteiger partial charge in [0.2, 0.25) is 0 Å². The minimum Gasteiger partial charge on any atom is -0.316 e. The van der Waals surface area contributed by atoms with Crippen molar-refractivity contribution >= 4 is 0 Å². The summed E-state index contributed by atoms with van der Waals surface area (Å²) in [4.78, 5) is 2.63. The van der Waals surface area contributed by atoms with E-state index in [9.17, 15) is 0 Å². The fourth-order valence-corrected chi connectivity index (χ4v) is 2.36. The molecule has 0 bridgehead atoms. The van der Waals surface area contributed by atoms with Crippen LogP contribution in [0.2, 0.25) is 0 Å². The van der Waals surface area contributed by atoms with Crippen molar-refractivity contribution < 1.29 is 0 Å². The lowest BCUT2D eigenvalue weighted by molar-refractivity contribution is 0.152. The van der Waals surface area contributed by atoms with Gasteiger partial charge in [0.05, 0.1) is 0 Å². The molecular formula is C10H21N3. The highest BCUT2D eigenvalue weighted by molar-refractivity contribution is 4.81. The third-order valence-electron chi connectivity index (χ3n) is 3.29. The molecule has 0 aromatic rings. The molecule has 2 atom stereocenters. The molecule has 2 aliphatic heterocycles. The number of rotatable bonds is 2. The first-order chi connectivity index (χ1) is 6.36. The smallest absolute Gasteiger partial charge is 0.0193 e. The second-order valence-electron chi connectivity index (χ2n) is 4.41. The topological polar surface area (TPSA) is 27.3 Å². The van der Waals surface area contributed by atoms with Crippen LogP contribution in [0.1, 0.15) is 13.3 Å². The molecule has 0 aromatic carbocycles. The van der Waals surface area contributed by atoms with Crippen molar-refractivity contribution in [1.82, 2.24) is 15.5 Å². The van der Waals surface area contributed by atoms with Gasteiger partial charge in [0.25, 0.3) is 0 Å². The van der Waals surface area contributed by atoms with Gasteiger partial charge in [0.15, 0.2) is 0 Å². The first-order valence-electron chi connectivity index (χ1n) is 5.52. The van der Waals surface area contributed by atoms with E-state index in [1.807, 2.05) is 0 Å². The Labute approximate surface area is 80.9 Å². The van der Waals surface area contributed by atoms with Crippen molar-refractivity contribution in [3.63, 3.8) is 0 Å². The fourth-order valence-electron chi connectivity index (χ4n) is 2.36. The van der Waals surface area contributed by atoms with Crippen LogP contribution in [0.4, 0.5) is 0 Å². The normalized spacial score (nSPS) is 36.7. The Balaban J connectivity index is 1.78. The van der Waals surface area contributed by atoms with Crippen LogP contribution in [0.3, 0.4) is 0 Å². The van der Waals surface area contributed by atoms with Gasteiger partial charge in [-0.15, -0.1) is 0 Å². The molecule has 2 unspecified atom stereocenters. The van der Waals surface area contributed by atoms with Crippen LogP contribution in [-0.2, 0) is 0 Å². The Hall–Kier alpha value is -0.120. The maximum atomic E-state index is 3.43. The lowest BCUT2D eigenvalue weighted by atomic mass is 10.1. The average Bonchev–Trinajstić information content (AvgIpc) is 2.61. The molecule has 3 heteroatoms. The van der Waals surface area contributed by atoms with Crippen LogP contribution >= 0.6 is 0 Å². The molecule has 2 heterocycles. The summed E-state index contributed by atoms with van der Waals surface area (Å²) in [5.74, 6) is 0.903. The van der Waals surface area contributed by atoms with Crippen molar-refractivity contribution in [2.45, 2.75) is 19.4 Å². The lowest BCUT2D eigenvalue weighted by Gasteiger charge is -2.35. The van der Waals surface area contributed by atoms with E-state index in [0.717, 1.165) is 12.0 Å². The largest absolute Gasteiger partial charge is 0.316 e.